The molecule has 0 atom stereocenters. The summed E-state index contributed by atoms with van der Waals surface area (Å²) in [6, 6.07) is 9.69. The van der Waals surface area contributed by atoms with Gasteiger partial charge in [-0.25, -0.2) is 4.39 Å². The van der Waals surface area contributed by atoms with Crippen molar-refractivity contribution in [1.29, 1.82) is 0 Å². The molecule has 2 fully saturated rings. The number of nitrogens with zero attached hydrogens (tertiary/aromatic N) is 2. The number of benzene rings is 1. The number of furan rings is 1. The number of rotatable bonds is 4. The molecule has 2 aliphatic heterocycles. The van der Waals surface area contributed by atoms with Crippen LogP contribution in [0.1, 0.15) is 11.3 Å². The van der Waals surface area contributed by atoms with Gasteiger partial charge in [-0.3, -0.25) is 14.5 Å². The van der Waals surface area contributed by atoms with Gasteiger partial charge in [0.05, 0.1) is 24.7 Å². The third-order valence-corrected chi connectivity index (χ3v) is 5.28. The van der Waals surface area contributed by atoms with Gasteiger partial charge in [0.2, 0.25) is 0 Å². The molecule has 8 heteroatoms. The van der Waals surface area contributed by atoms with Gasteiger partial charge in [-0.05, 0) is 23.9 Å². The first-order valence-corrected chi connectivity index (χ1v) is 9.35. The van der Waals surface area contributed by atoms with E-state index < -0.39 is 17.0 Å². The Labute approximate surface area is 159 Å². The van der Waals surface area contributed by atoms with Crippen LogP contribution in [0.3, 0.4) is 0 Å². The van der Waals surface area contributed by atoms with Crippen LogP contribution in [-0.2, 0) is 16.1 Å². The lowest BCUT2D eigenvalue weighted by molar-refractivity contribution is -0.123. The standard InChI is InChI=1S/C19H17FN2O4S/c20-15-4-2-1-3-13(15)12-22-18(23)16(27-19(22)24)11-14-5-6-17(26-14)21-7-9-25-10-8-21/h1-6,11H,7-10,12H2/b16-11-. The number of hydrogen-bond donors (Lipinski definition) is 0. The molecule has 2 amide bonds. The monoisotopic (exact) mass is 388 g/mol. The molecule has 0 unspecified atom stereocenters. The highest BCUT2D eigenvalue weighted by molar-refractivity contribution is 8.18. The SMILES string of the molecule is O=C1S/C(=C\c2ccc(N3CCOCC3)o2)C(=O)N1Cc1ccccc1F. The van der Waals surface area contributed by atoms with Gasteiger partial charge in [-0.1, -0.05) is 18.2 Å². The van der Waals surface area contributed by atoms with Crippen molar-refractivity contribution in [3.05, 3.63) is 58.4 Å². The van der Waals surface area contributed by atoms with E-state index in [1.165, 1.54) is 6.07 Å². The Morgan fingerprint density at radius 3 is 2.67 bits per heavy atom. The summed E-state index contributed by atoms with van der Waals surface area (Å²) in [5.41, 5.74) is 0.300. The molecular weight excluding hydrogens is 371 g/mol. The number of anilines is 1. The first kappa shape index (κ1) is 17.8. The van der Waals surface area contributed by atoms with Crippen molar-refractivity contribution in [1.82, 2.24) is 4.90 Å². The van der Waals surface area contributed by atoms with Crippen LogP contribution in [0.25, 0.3) is 6.08 Å². The van der Waals surface area contributed by atoms with Crippen molar-refractivity contribution in [2.24, 2.45) is 0 Å². The Kier molecular flexibility index (Phi) is 5.00. The third-order valence-electron chi connectivity index (χ3n) is 4.37. The zero-order chi connectivity index (χ0) is 18.8. The molecule has 27 heavy (non-hydrogen) atoms. The summed E-state index contributed by atoms with van der Waals surface area (Å²) in [5.74, 6) is 0.308. The third kappa shape index (κ3) is 3.77. The maximum atomic E-state index is 13.8. The summed E-state index contributed by atoms with van der Waals surface area (Å²) in [6.07, 6.45) is 1.55. The Morgan fingerprint density at radius 2 is 1.89 bits per heavy atom. The van der Waals surface area contributed by atoms with Crippen LogP contribution in [-0.4, -0.2) is 42.3 Å². The molecular formula is C19H17FN2O4S. The molecule has 0 radical (unpaired) electrons. The molecule has 4 rings (SSSR count). The van der Waals surface area contributed by atoms with Gasteiger partial charge in [0.25, 0.3) is 11.1 Å². The molecule has 0 bridgehead atoms. The average molecular weight is 388 g/mol. The van der Waals surface area contributed by atoms with Gasteiger partial charge >= 0.3 is 0 Å². The number of thioether (sulfide) groups is 1. The van der Waals surface area contributed by atoms with E-state index >= 15 is 0 Å². The fourth-order valence-electron chi connectivity index (χ4n) is 2.94. The zero-order valence-corrected chi connectivity index (χ0v) is 15.2. The average Bonchev–Trinajstić information content (AvgIpc) is 3.25. The Hall–Kier alpha value is -2.58. The highest BCUT2D eigenvalue weighted by atomic mass is 32.2. The molecule has 140 valence electrons. The van der Waals surface area contributed by atoms with E-state index in [9.17, 15) is 14.0 Å². The minimum Gasteiger partial charge on any atom is -0.441 e. The van der Waals surface area contributed by atoms with E-state index in [1.807, 2.05) is 6.07 Å². The van der Waals surface area contributed by atoms with Crippen LogP contribution < -0.4 is 4.90 Å². The van der Waals surface area contributed by atoms with Crippen LogP contribution >= 0.6 is 11.8 Å². The van der Waals surface area contributed by atoms with Crippen molar-refractivity contribution >= 4 is 34.9 Å². The first-order chi connectivity index (χ1) is 13.1. The molecule has 0 N–H and O–H groups in total. The second-order valence-corrected chi connectivity index (χ2v) is 7.13. The van der Waals surface area contributed by atoms with E-state index in [4.69, 9.17) is 9.15 Å². The smallest absolute Gasteiger partial charge is 0.293 e. The van der Waals surface area contributed by atoms with Crippen LogP contribution in [0.4, 0.5) is 15.1 Å². The predicted octanol–water partition coefficient (Wildman–Crippen LogP) is 3.49. The molecule has 0 spiro atoms. The van der Waals surface area contributed by atoms with Crippen molar-refractivity contribution in [3.63, 3.8) is 0 Å². The normalized spacial score (nSPS) is 19.4. The number of morpholine rings is 1. The zero-order valence-electron chi connectivity index (χ0n) is 14.4. The highest BCUT2D eigenvalue weighted by Gasteiger charge is 2.35. The number of hydrogen-bond acceptors (Lipinski definition) is 6. The highest BCUT2D eigenvalue weighted by Crippen LogP contribution is 2.34. The van der Waals surface area contributed by atoms with E-state index in [0.717, 1.165) is 29.8 Å². The number of ether oxygens (including phenoxy) is 1. The second-order valence-electron chi connectivity index (χ2n) is 6.13. The molecule has 6 nitrogen and oxygen atoms in total. The minimum atomic E-state index is -0.447. The fraction of sp³-hybridized carbons (Fsp3) is 0.263. The maximum absolute atomic E-state index is 13.8. The molecule has 2 saturated heterocycles. The molecule has 2 aliphatic rings. The van der Waals surface area contributed by atoms with Gasteiger partial charge in [0.15, 0.2) is 5.88 Å². The summed E-state index contributed by atoms with van der Waals surface area (Å²) < 4.78 is 24.9. The van der Waals surface area contributed by atoms with Crippen LogP contribution in [0.15, 0.2) is 45.7 Å². The van der Waals surface area contributed by atoms with Crippen molar-refractivity contribution in [2.45, 2.75) is 6.54 Å². The molecule has 1 aromatic carbocycles. The van der Waals surface area contributed by atoms with Gasteiger partial charge in [0.1, 0.15) is 11.6 Å². The number of halogens is 1. The van der Waals surface area contributed by atoms with E-state index in [0.29, 0.717) is 30.4 Å². The number of amides is 2. The lowest BCUT2D eigenvalue weighted by Gasteiger charge is -2.26. The van der Waals surface area contributed by atoms with E-state index in [1.54, 1.807) is 30.3 Å². The Balaban J connectivity index is 1.50. The number of carbonyl (C=O) groups excluding carboxylic acids is 2. The largest absolute Gasteiger partial charge is 0.441 e. The first-order valence-electron chi connectivity index (χ1n) is 8.53. The number of imide groups is 1. The topological polar surface area (TPSA) is 63.0 Å². The summed E-state index contributed by atoms with van der Waals surface area (Å²) in [6.45, 7) is 2.68. The molecule has 3 heterocycles. The van der Waals surface area contributed by atoms with Gasteiger partial charge in [-0.15, -0.1) is 0 Å². The second kappa shape index (κ2) is 7.58. The minimum absolute atomic E-state index is 0.0914. The summed E-state index contributed by atoms with van der Waals surface area (Å²) in [7, 11) is 0. The lowest BCUT2D eigenvalue weighted by Crippen LogP contribution is -2.35. The quantitative estimate of drug-likeness (QED) is 0.747. The Bertz CT molecular complexity index is 905. The van der Waals surface area contributed by atoms with E-state index in [-0.39, 0.29) is 11.4 Å². The molecule has 1 aromatic heterocycles. The lowest BCUT2D eigenvalue weighted by atomic mass is 10.2. The summed E-state index contributed by atoms with van der Waals surface area (Å²) in [5, 5.41) is -0.422. The number of carbonyl (C=O) groups is 2. The van der Waals surface area contributed by atoms with E-state index in [2.05, 4.69) is 4.90 Å². The van der Waals surface area contributed by atoms with Crippen LogP contribution in [0, 0.1) is 5.82 Å². The van der Waals surface area contributed by atoms with Crippen LogP contribution in [0.2, 0.25) is 0 Å². The summed E-state index contributed by atoms with van der Waals surface area (Å²) in [4.78, 5) is 28.1. The molecule has 0 saturated carbocycles. The fourth-order valence-corrected chi connectivity index (χ4v) is 3.75. The molecule has 2 aromatic rings. The van der Waals surface area contributed by atoms with Crippen molar-refractivity contribution in [3.8, 4) is 0 Å². The van der Waals surface area contributed by atoms with Crippen molar-refractivity contribution in [2.75, 3.05) is 31.2 Å². The van der Waals surface area contributed by atoms with Gasteiger partial charge in [-0.2, -0.15) is 0 Å². The molecule has 0 aliphatic carbocycles. The maximum Gasteiger partial charge on any atom is 0.293 e. The van der Waals surface area contributed by atoms with Gasteiger partial charge < -0.3 is 14.1 Å². The van der Waals surface area contributed by atoms with Crippen molar-refractivity contribution < 1.29 is 23.1 Å². The van der Waals surface area contributed by atoms with Gasteiger partial charge in [0, 0.05) is 30.8 Å². The summed E-state index contributed by atoms with van der Waals surface area (Å²) >= 11 is 0.829. The predicted molar refractivity (Wildman–Crippen MR) is 99.7 cm³/mol. The van der Waals surface area contributed by atoms with Crippen LogP contribution in [0.5, 0.6) is 0 Å². The Morgan fingerprint density at radius 1 is 1.11 bits per heavy atom.